The number of azo groups is 1. The molecule has 0 radical (unpaired) electrons. The number of methoxy groups -OCH3 is 1. The van der Waals surface area contributed by atoms with Crippen molar-refractivity contribution in [2.24, 2.45) is 10.2 Å². The van der Waals surface area contributed by atoms with Crippen molar-refractivity contribution in [3.63, 3.8) is 0 Å². The van der Waals surface area contributed by atoms with Crippen LogP contribution in [0.5, 0.6) is 0 Å². The third-order valence-electron chi connectivity index (χ3n) is 0.781. The van der Waals surface area contributed by atoms with Gasteiger partial charge in [0, 0.05) is 0 Å². The highest BCUT2D eigenvalue weighted by Gasteiger charge is 2.19. The zero-order valence-electron chi connectivity index (χ0n) is 8.03. The summed E-state index contributed by atoms with van der Waals surface area (Å²) in [7, 11) is -0.814. The molecule has 0 saturated carbocycles. The third kappa shape index (κ3) is 7.13. The van der Waals surface area contributed by atoms with E-state index in [1.165, 1.54) is 0 Å². The monoisotopic (exact) mass is 204 g/mol. The third-order valence-corrected chi connectivity index (χ3v) is 1.57. The Balaban J connectivity index is 4.02. The van der Waals surface area contributed by atoms with Gasteiger partial charge in [0.25, 0.3) is 0 Å². The molecule has 0 aromatic rings. The maximum absolute atomic E-state index is 10.8. The quantitative estimate of drug-likeness (QED) is 0.484. The first-order valence-electron chi connectivity index (χ1n) is 3.58. The molecule has 0 saturated heterocycles. The van der Waals surface area contributed by atoms with Crippen LogP contribution in [0, 0.1) is 0 Å². The Morgan fingerprint density at radius 2 is 1.54 bits per heavy atom. The minimum absolute atomic E-state index is 0.857. The standard InChI is InChI=1S/C6H12N2O4Si/c1-11-5(9)7-8-6(10)12-13(2,3)4/h1-4H3. The summed E-state index contributed by atoms with van der Waals surface area (Å²) in [5.74, 6) is 0. The molecule has 0 heterocycles. The molecule has 0 rings (SSSR count). The topological polar surface area (TPSA) is 77.3 Å². The van der Waals surface area contributed by atoms with Crippen LogP contribution >= 0.6 is 0 Å². The molecule has 0 N–H and O–H groups in total. The van der Waals surface area contributed by atoms with E-state index in [0.29, 0.717) is 0 Å². The van der Waals surface area contributed by atoms with Gasteiger partial charge in [-0.25, -0.2) is 9.59 Å². The average molecular weight is 204 g/mol. The average Bonchev–Trinajstić information content (AvgIpc) is 1.97. The Hall–Kier alpha value is -1.24. The molecule has 0 unspecified atom stereocenters. The first-order valence-corrected chi connectivity index (χ1v) is 6.98. The van der Waals surface area contributed by atoms with Gasteiger partial charge in [-0.15, -0.1) is 0 Å². The molecule has 0 fully saturated rings. The zero-order valence-corrected chi connectivity index (χ0v) is 9.03. The van der Waals surface area contributed by atoms with E-state index in [9.17, 15) is 9.59 Å². The van der Waals surface area contributed by atoms with E-state index in [1.54, 1.807) is 0 Å². The van der Waals surface area contributed by atoms with Crippen LogP contribution in [0.15, 0.2) is 10.2 Å². The number of hydrogen-bond acceptors (Lipinski definition) is 4. The molecule has 0 bridgehead atoms. The van der Waals surface area contributed by atoms with Gasteiger partial charge in [-0.2, -0.15) is 0 Å². The van der Waals surface area contributed by atoms with E-state index in [4.69, 9.17) is 4.43 Å². The number of ether oxygens (including phenoxy) is 1. The lowest BCUT2D eigenvalue weighted by molar-refractivity contribution is 0.178. The van der Waals surface area contributed by atoms with Gasteiger partial charge in [0.05, 0.1) is 7.11 Å². The lowest BCUT2D eigenvalue weighted by atomic mass is 11.2. The molecule has 74 valence electrons. The SMILES string of the molecule is COC(=O)N=NC(=O)O[Si](C)(C)C. The smallest absolute Gasteiger partial charge is 0.452 e. The summed E-state index contributed by atoms with van der Waals surface area (Å²) in [5.41, 5.74) is 0. The molecule has 0 atom stereocenters. The summed E-state index contributed by atoms with van der Waals surface area (Å²) < 4.78 is 9.00. The highest BCUT2D eigenvalue weighted by Crippen LogP contribution is 2.04. The highest BCUT2D eigenvalue weighted by molar-refractivity contribution is 6.71. The van der Waals surface area contributed by atoms with Crippen molar-refractivity contribution in [2.45, 2.75) is 19.6 Å². The fraction of sp³-hybridized carbons (Fsp3) is 0.667. The molecule has 2 amide bonds. The Morgan fingerprint density at radius 1 is 1.08 bits per heavy atom. The van der Waals surface area contributed by atoms with Gasteiger partial charge in [0.2, 0.25) is 8.32 Å². The number of rotatable bonds is 1. The summed E-state index contributed by atoms with van der Waals surface area (Å²) >= 11 is 0. The Kier molecular flexibility index (Phi) is 4.25. The molecule has 0 aromatic carbocycles. The molecule has 7 heteroatoms. The minimum Gasteiger partial charge on any atom is -0.502 e. The van der Waals surface area contributed by atoms with E-state index in [2.05, 4.69) is 15.0 Å². The van der Waals surface area contributed by atoms with Crippen molar-refractivity contribution in [1.29, 1.82) is 0 Å². The zero-order chi connectivity index (χ0) is 10.5. The van der Waals surface area contributed by atoms with Gasteiger partial charge in [0.15, 0.2) is 0 Å². The van der Waals surface area contributed by atoms with Gasteiger partial charge in [0.1, 0.15) is 0 Å². The normalized spacial score (nSPS) is 11.4. The van der Waals surface area contributed by atoms with Gasteiger partial charge in [-0.3, -0.25) is 0 Å². The maximum atomic E-state index is 10.8. The van der Waals surface area contributed by atoms with Gasteiger partial charge in [-0.05, 0) is 19.6 Å². The molecular weight excluding hydrogens is 192 g/mol. The van der Waals surface area contributed by atoms with Crippen LogP contribution in [-0.2, 0) is 9.16 Å². The Bertz CT molecular complexity index is 233. The lowest BCUT2D eigenvalue weighted by Gasteiger charge is -2.13. The molecule has 13 heavy (non-hydrogen) atoms. The predicted octanol–water partition coefficient (Wildman–Crippen LogP) is 2.18. The van der Waals surface area contributed by atoms with Gasteiger partial charge < -0.3 is 9.16 Å². The maximum Gasteiger partial charge on any atom is 0.452 e. The molecule has 0 spiro atoms. The van der Waals surface area contributed by atoms with E-state index in [1.807, 2.05) is 19.6 Å². The number of carbonyl (C=O) groups excluding carboxylic acids is 2. The van der Waals surface area contributed by atoms with Crippen LogP contribution in [0.1, 0.15) is 0 Å². The molecular formula is C6H12N2O4Si. The van der Waals surface area contributed by atoms with Crippen molar-refractivity contribution in [1.82, 2.24) is 0 Å². The van der Waals surface area contributed by atoms with E-state index in [0.717, 1.165) is 7.11 Å². The van der Waals surface area contributed by atoms with Crippen molar-refractivity contribution in [3.8, 4) is 0 Å². The summed E-state index contributed by atoms with van der Waals surface area (Å²) in [6.45, 7) is 5.45. The Morgan fingerprint density at radius 3 is 1.92 bits per heavy atom. The first kappa shape index (κ1) is 11.8. The van der Waals surface area contributed by atoms with Crippen molar-refractivity contribution < 1.29 is 18.8 Å². The predicted molar refractivity (Wildman–Crippen MR) is 47.1 cm³/mol. The van der Waals surface area contributed by atoms with Crippen LogP contribution in [0.2, 0.25) is 19.6 Å². The van der Waals surface area contributed by atoms with Crippen LogP contribution in [-0.4, -0.2) is 27.6 Å². The second-order valence-electron chi connectivity index (χ2n) is 3.15. The van der Waals surface area contributed by atoms with Crippen LogP contribution in [0.25, 0.3) is 0 Å². The first-order chi connectivity index (χ1) is 5.85. The lowest BCUT2D eigenvalue weighted by Crippen LogP contribution is -2.27. The summed E-state index contributed by atoms with van der Waals surface area (Å²) in [6.07, 6.45) is -1.78. The molecule has 0 aromatic heterocycles. The minimum atomic E-state index is -1.96. The summed E-state index contributed by atoms with van der Waals surface area (Å²) in [5, 5.41) is 5.94. The summed E-state index contributed by atoms with van der Waals surface area (Å²) in [6, 6.07) is 0. The fourth-order valence-electron chi connectivity index (χ4n) is 0.405. The molecule has 0 aliphatic carbocycles. The van der Waals surface area contributed by atoms with Crippen molar-refractivity contribution in [3.05, 3.63) is 0 Å². The number of nitrogens with zero attached hydrogens (tertiary/aromatic N) is 2. The van der Waals surface area contributed by atoms with E-state index < -0.39 is 20.5 Å². The van der Waals surface area contributed by atoms with E-state index >= 15 is 0 Å². The van der Waals surface area contributed by atoms with Crippen LogP contribution < -0.4 is 0 Å². The van der Waals surface area contributed by atoms with E-state index in [-0.39, 0.29) is 0 Å². The van der Waals surface area contributed by atoms with Crippen molar-refractivity contribution in [2.75, 3.05) is 7.11 Å². The number of carbonyl (C=O) groups is 2. The number of amides is 2. The second-order valence-corrected chi connectivity index (χ2v) is 7.58. The van der Waals surface area contributed by atoms with Crippen molar-refractivity contribution >= 4 is 20.5 Å². The number of hydrogen-bond donors (Lipinski definition) is 0. The van der Waals surface area contributed by atoms with Gasteiger partial charge >= 0.3 is 12.2 Å². The summed E-state index contributed by atoms with van der Waals surface area (Å²) in [4.78, 5) is 21.2. The Labute approximate surface area is 77.1 Å². The second kappa shape index (κ2) is 4.70. The molecule has 0 aliphatic rings. The fourth-order valence-corrected chi connectivity index (χ4v) is 0.970. The van der Waals surface area contributed by atoms with Gasteiger partial charge in [-0.1, -0.05) is 10.2 Å². The molecule has 0 aliphatic heterocycles. The molecule has 6 nitrogen and oxygen atoms in total. The highest BCUT2D eigenvalue weighted by atomic mass is 28.4. The van der Waals surface area contributed by atoms with Crippen LogP contribution in [0.3, 0.4) is 0 Å². The largest absolute Gasteiger partial charge is 0.502 e. The van der Waals surface area contributed by atoms with Crippen LogP contribution in [0.4, 0.5) is 9.59 Å².